The molecule has 3 heteroatoms. The molecule has 1 aliphatic rings. The Kier molecular flexibility index (Phi) is 6.45. The van der Waals surface area contributed by atoms with Gasteiger partial charge >= 0.3 is 0 Å². The van der Waals surface area contributed by atoms with Crippen molar-refractivity contribution >= 4 is 0 Å². The van der Waals surface area contributed by atoms with Crippen molar-refractivity contribution in [3.8, 4) is 0 Å². The van der Waals surface area contributed by atoms with E-state index >= 15 is 0 Å². The third-order valence-corrected chi connectivity index (χ3v) is 3.52. The number of hydrogen-bond acceptors (Lipinski definition) is 3. The maximum absolute atomic E-state index is 5.83. The molecule has 17 heavy (non-hydrogen) atoms. The van der Waals surface area contributed by atoms with Crippen molar-refractivity contribution in [2.75, 3.05) is 39.4 Å². The van der Waals surface area contributed by atoms with E-state index in [2.05, 4.69) is 25.7 Å². The number of nitrogens with zero attached hydrogens (tertiary/aromatic N) is 1. The lowest BCUT2D eigenvalue weighted by molar-refractivity contribution is 0.0327. The molecule has 1 unspecified atom stereocenters. The minimum Gasteiger partial charge on any atom is -0.381 e. The van der Waals surface area contributed by atoms with Gasteiger partial charge in [-0.2, -0.15) is 0 Å². The van der Waals surface area contributed by atoms with Crippen molar-refractivity contribution in [1.82, 2.24) is 4.90 Å². The second kappa shape index (κ2) is 7.34. The Labute approximate surface area is 107 Å². The molecule has 0 bridgehead atoms. The van der Waals surface area contributed by atoms with Gasteiger partial charge < -0.3 is 15.4 Å². The van der Waals surface area contributed by atoms with Crippen LogP contribution in [0.15, 0.2) is 0 Å². The van der Waals surface area contributed by atoms with Crippen LogP contribution in [0.5, 0.6) is 0 Å². The van der Waals surface area contributed by atoms with Gasteiger partial charge in [0.15, 0.2) is 0 Å². The standard InChI is InChI=1S/C14H30N2O/c1-4-7-16(12-14(2,3)11-15)9-13-6-5-8-17-10-13/h13H,4-12,15H2,1-3H3. The summed E-state index contributed by atoms with van der Waals surface area (Å²) in [5, 5.41) is 0. The highest BCUT2D eigenvalue weighted by Crippen LogP contribution is 2.19. The van der Waals surface area contributed by atoms with Gasteiger partial charge in [0, 0.05) is 19.7 Å². The van der Waals surface area contributed by atoms with Crippen molar-refractivity contribution in [3.63, 3.8) is 0 Å². The molecule has 1 rings (SSSR count). The number of hydrogen-bond donors (Lipinski definition) is 1. The maximum atomic E-state index is 5.83. The Morgan fingerprint density at radius 3 is 2.71 bits per heavy atom. The van der Waals surface area contributed by atoms with Crippen molar-refractivity contribution in [1.29, 1.82) is 0 Å². The van der Waals surface area contributed by atoms with Crippen LogP contribution in [0, 0.1) is 11.3 Å². The monoisotopic (exact) mass is 242 g/mol. The molecular weight excluding hydrogens is 212 g/mol. The van der Waals surface area contributed by atoms with Gasteiger partial charge in [-0.05, 0) is 43.7 Å². The summed E-state index contributed by atoms with van der Waals surface area (Å²) in [5.74, 6) is 0.726. The Balaban J connectivity index is 2.41. The van der Waals surface area contributed by atoms with E-state index in [9.17, 15) is 0 Å². The second-order valence-corrected chi connectivity index (χ2v) is 6.19. The second-order valence-electron chi connectivity index (χ2n) is 6.19. The van der Waals surface area contributed by atoms with Crippen LogP contribution in [0.4, 0.5) is 0 Å². The lowest BCUT2D eigenvalue weighted by Gasteiger charge is -2.35. The smallest absolute Gasteiger partial charge is 0.0506 e. The molecule has 1 heterocycles. The van der Waals surface area contributed by atoms with Crippen LogP contribution in [0.3, 0.4) is 0 Å². The summed E-state index contributed by atoms with van der Waals surface area (Å²) in [5.41, 5.74) is 6.06. The van der Waals surface area contributed by atoms with Gasteiger partial charge in [-0.3, -0.25) is 0 Å². The van der Waals surface area contributed by atoms with E-state index in [-0.39, 0.29) is 5.41 Å². The van der Waals surface area contributed by atoms with Gasteiger partial charge in [0.2, 0.25) is 0 Å². The van der Waals surface area contributed by atoms with Crippen LogP contribution in [0.1, 0.15) is 40.0 Å². The molecule has 102 valence electrons. The first kappa shape index (κ1) is 14.9. The zero-order valence-corrected chi connectivity index (χ0v) is 11.9. The van der Waals surface area contributed by atoms with Gasteiger partial charge in [0.05, 0.1) is 6.61 Å². The van der Waals surface area contributed by atoms with Crippen LogP contribution in [0.25, 0.3) is 0 Å². The van der Waals surface area contributed by atoms with Crippen LogP contribution in [0.2, 0.25) is 0 Å². The Morgan fingerprint density at radius 1 is 1.41 bits per heavy atom. The number of nitrogens with two attached hydrogens (primary N) is 1. The topological polar surface area (TPSA) is 38.5 Å². The first-order valence-corrected chi connectivity index (χ1v) is 7.07. The van der Waals surface area contributed by atoms with Crippen LogP contribution >= 0.6 is 0 Å². The van der Waals surface area contributed by atoms with Gasteiger partial charge in [-0.15, -0.1) is 0 Å². The zero-order valence-electron chi connectivity index (χ0n) is 11.9. The fraction of sp³-hybridized carbons (Fsp3) is 1.00. The highest BCUT2D eigenvalue weighted by molar-refractivity contribution is 4.77. The fourth-order valence-electron chi connectivity index (χ4n) is 2.54. The molecule has 0 saturated carbocycles. The molecule has 0 radical (unpaired) electrons. The predicted octanol–water partition coefficient (Wildman–Crippen LogP) is 2.11. The number of rotatable bonds is 7. The summed E-state index contributed by atoms with van der Waals surface area (Å²) >= 11 is 0. The molecule has 2 N–H and O–H groups in total. The number of ether oxygens (including phenoxy) is 1. The van der Waals surface area contributed by atoms with Crippen molar-refractivity contribution in [2.45, 2.75) is 40.0 Å². The summed E-state index contributed by atoms with van der Waals surface area (Å²) in [4.78, 5) is 2.58. The average molecular weight is 242 g/mol. The maximum Gasteiger partial charge on any atom is 0.0506 e. The molecule has 1 saturated heterocycles. The van der Waals surface area contributed by atoms with Crippen LogP contribution in [-0.2, 0) is 4.74 Å². The molecule has 0 aliphatic carbocycles. The van der Waals surface area contributed by atoms with E-state index in [1.54, 1.807) is 0 Å². The van der Waals surface area contributed by atoms with Crippen molar-refractivity contribution in [2.24, 2.45) is 17.1 Å². The SMILES string of the molecule is CCCN(CC1CCCOC1)CC(C)(C)CN. The minimum absolute atomic E-state index is 0.227. The van der Waals surface area contributed by atoms with Crippen LogP contribution < -0.4 is 5.73 Å². The highest BCUT2D eigenvalue weighted by Gasteiger charge is 2.23. The van der Waals surface area contributed by atoms with E-state index in [1.807, 2.05) is 0 Å². The van der Waals surface area contributed by atoms with Gasteiger partial charge in [-0.1, -0.05) is 20.8 Å². The summed E-state index contributed by atoms with van der Waals surface area (Å²) in [6, 6.07) is 0. The van der Waals surface area contributed by atoms with Crippen molar-refractivity contribution in [3.05, 3.63) is 0 Å². The predicted molar refractivity (Wildman–Crippen MR) is 73.1 cm³/mol. The molecule has 0 spiro atoms. The van der Waals surface area contributed by atoms with E-state index in [4.69, 9.17) is 10.5 Å². The van der Waals surface area contributed by atoms with Crippen molar-refractivity contribution < 1.29 is 4.74 Å². The molecule has 1 fully saturated rings. The Hall–Kier alpha value is -0.120. The fourth-order valence-corrected chi connectivity index (χ4v) is 2.54. The van der Waals surface area contributed by atoms with E-state index in [0.29, 0.717) is 0 Å². The minimum atomic E-state index is 0.227. The summed E-state index contributed by atoms with van der Waals surface area (Å²) < 4.78 is 5.57. The molecule has 0 aromatic rings. The third kappa shape index (κ3) is 5.84. The molecule has 0 aromatic carbocycles. The summed E-state index contributed by atoms with van der Waals surface area (Å²) in [6.07, 6.45) is 3.77. The average Bonchev–Trinajstić information content (AvgIpc) is 2.30. The first-order chi connectivity index (χ1) is 8.07. The zero-order chi connectivity index (χ0) is 12.7. The Morgan fingerprint density at radius 2 is 2.18 bits per heavy atom. The first-order valence-electron chi connectivity index (χ1n) is 7.07. The third-order valence-electron chi connectivity index (χ3n) is 3.52. The molecule has 3 nitrogen and oxygen atoms in total. The molecular formula is C14H30N2O. The molecule has 1 atom stereocenters. The Bertz CT molecular complexity index is 200. The molecule has 0 aromatic heterocycles. The lowest BCUT2D eigenvalue weighted by Crippen LogP contribution is -2.42. The molecule has 0 amide bonds. The molecule has 1 aliphatic heterocycles. The largest absolute Gasteiger partial charge is 0.381 e. The quantitative estimate of drug-likeness (QED) is 0.743. The normalized spacial score (nSPS) is 22.1. The summed E-state index contributed by atoms with van der Waals surface area (Å²) in [6.45, 7) is 12.9. The lowest BCUT2D eigenvalue weighted by atomic mass is 9.92. The van der Waals surface area contributed by atoms with E-state index < -0.39 is 0 Å². The van der Waals surface area contributed by atoms with E-state index in [0.717, 1.165) is 32.2 Å². The summed E-state index contributed by atoms with van der Waals surface area (Å²) in [7, 11) is 0. The van der Waals surface area contributed by atoms with E-state index in [1.165, 1.54) is 32.4 Å². The highest BCUT2D eigenvalue weighted by atomic mass is 16.5. The van der Waals surface area contributed by atoms with Gasteiger partial charge in [-0.25, -0.2) is 0 Å². The van der Waals surface area contributed by atoms with Gasteiger partial charge in [0.1, 0.15) is 0 Å². The van der Waals surface area contributed by atoms with Crippen LogP contribution in [-0.4, -0.2) is 44.3 Å². The van der Waals surface area contributed by atoms with Gasteiger partial charge in [0.25, 0.3) is 0 Å².